The Hall–Kier alpha value is -2.28. The van der Waals surface area contributed by atoms with E-state index >= 15 is 0 Å². The molecule has 0 radical (unpaired) electrons. The lowest BCUT2D eigenvalue weighted by molar-refractivity contribution is -0.143. The van der Waals surface area contributed by atoms with Gasteiger partial charge < -0.3 is 20.1 Å². The van der Waals surface area contributed by atoms with Crippen molar-refractivity contribution in [2.24, 2.45) is 5.92 Å². The zero-order valence-corrected chi connectivity index (χ0v) is 14.2. The van der Waals surface area contributed by atoms with E-state index in [1.54, 1.807) is 0 Å². The van der Waals surface area contributed by atoms with Crippen LogP contribution in [0.3, 0.4) is 0 Å². The third-order valence-electron chi connectivity index (χ3n) is 3.89. The van der Waals surface area contributed by atoms with Crippen LogP contribution in [0.5, 0.6) is 5.75 Å². The Morgan fingerprint density at radius 2 is 2.08 bits per heavy atom. The second-order valence-electron chi connectivity index (χ2n) is 5.64. The number of carboxylic acids is 1. The largest absolute Gasteiger partial charge is 0.496 e. The molecule has 2 rings (SSSR count). The highest BCUT2D eigenvalue weighted by Gasteiger charge is 2.30. The van der Waals surface area contributed by atoms with Gasteiger partial charge in [-0.05, 0) is 18.9 Å². The van der Waals surface area contributed by atoms with Crippen molar-refractivity contribution >= 4 is 35.1 Å². The third-order valence-corrected chi connectivity index (χ3v) is 4.20. The number of aliphatic carboxylic acids is 1. The van der Waals surface area contributed by atoms with E-state index in [1.165, 1.54) is 31.1 Å². The van der Waals surface area contributed by atoms with Gasteiger partial charge >= 0.3 is 5.97 Å². The molecule has 0 aliphatic carbocycles. The molecule has 1 saturated heterocycles. The minimum atomic E-state index is -0.904. The quantitative estimate of drug-likeness (QED) is 0.864. The van der Waals surface area contributed by atoms with Crippen LogP contribution >= 0.6 is 11.6 Å². The van der Waals surface area contributed by atoms with Crippen molar-refractivity contribution in [1.82, 2.24) is 4.90 Å². The summed E-state index contributed by atoms with van der Waals surface area (Å²) in [5, 5.41) is 11.9. The maximum Gasteiger partial charge on any atom is 0.308 e. The number of methoxy groups -OCH3 is 1. The molecule has 1 atom stereocenters. The summed E-state index contributed by atoms with van der Waals surface area (Å²) in [5.74, 6) is -1.83. The summed E-state index contributed by atoms with van der Waals surface area (Å²) in [6.45, 7) is 1.99. The Bertz CT molecular complexity index is 677. The lowest BCUT2D eigenvalue weighted by Crippen LogP contribution is -2.42. The number of hydrogen-bond acceptors (Lipinski definition) is 4. The van der Waals surface area contributed by atoms with Crippen LogP contribution in [0.4, 0.5) is 5.69 Å². The van der Waals surface area contributed by atoms with Crippen LogP contribution in [0, 0.1) is 5.92 Å². The van der Waals surface area contributed by atoms with E-state index in [0.29, 0.717) is 25.1 Å². The fourth-order valence-corrected chi connectivity index (χ4v) is 2.92. The molecule has 0 spiro atoms. The first kappa shape index (κ1) is 18.1. The number of amides is 2. The molecule has 8 heteroatoms. The van der Waals surface area contributed by atoms with E-state index < -0.39 is 11.9 Å². The highest BCUT2D eigenvalue weighted by atomic mass is 35.5. The lowest BCUT2D eigenvalue weighted by atomic mass is 9.97. The summed E-state index contributed by atoms with van der Waals surface area (Å²) in [7, 11) is 1.41. The molecule has 0 aromatic heterocycles. The van der Waals surface area contributed by atoms with Crippen molar-refractivity contribution in [3.8, 4) is 5.75 Å². The van der Waals surface area contributed by atoms with E-state index in [1.807, 2.05) is 0 Å². The summed E-state index contributed by atoms with van der Waals surface area (Å²) >= 11 is 6.13. The van der Waals surface area contributed by atoms with Crippen molar-refractivity contribution in [3.63, 3.8) is 0 Å². The number of hydrogen-bond donors (Lipinski definition) is 2. The molecule has 130 valence electrons. The number of nitrogens with zero attached hydrogens (tertiary/aromatic N) is 1. The maximum absolute atomic E-state index is 12.7. The van der Waals surface area contributed by atoms with Gasteiger partial charge in [0.2, 0.25) is 5.91 Å². The molecule has 1 unspecified atom stereocenters. The topological polar surface area (TPSA) is 95.9 Å². The van der Waals surface area contributed by atoms with E-state index in [0.717, 1.165) is 0 Å². The number of rotatable bonds is 4. The normalized spacial score (nSPS) is 17.3. The van der Waals surface area contributed by atoms with E-state index in [-0.39, 0.29) is 34.7 Å². The summed E-state index contributed by atoms with van der Waals surface area (Å²) < 4.78 is 5.24. The van der Waals surface area contributed by atoms with Gasteiger partial charge in [-0.2, -0.15) is 0 Å². The fourth-order valence-electron chi connectivity index (χ4n) is 2.71. The second-order valence-corrected chi connectivity index (χ2v) is 6.05. The van der Waals surface area contributed by atoms with Gasteiger partial charge in [0.15, 0.2) is 0 Å². The first-order valence-corrected chi connectivity index (χ1v) is 7.88. The third kappa shape index (κ3) is 3.97. The van der Waals surface area contributed by atoms with Gasteiger partial charge in [-0.3, -0.25) is 14.4 Å². The van der Waals surface area contributed by atoms with Gasteiger partial charge in [-0.15, -0.1) is 0 Å². The van der Waals surface area contributed by atoms with E-state index in [4.69, 9.17) is 21.4 Å². The number of ether oxygens (including phenoxy) is 1. The number of halogens is 1. The maximum atomic E-state index is 12.7. The number of likely N-dealkylation sites (tertiary alicyclic amines) is 1. The SMILES string of the molecule is COc1cc(NC(C)=O)c(Cl)cc1C(=O)N1CCCC(C(=O)O)C1. The number of carbonyl (C=O) groups excluding carboxylic acids is 2. The molecule has 0 bridgehead atoms. The number of piperidine rings is 1. The molecule has 1 aliphatic rings. The monoisotopic (exact) mass is 354 g/mol. The molecule has 1 heterocycles. The van der Waals surface area contributed by atoms with Crippen molar-refractivity contribution in [1.29, 1.82) is 0 Å². The van der Waals surface area contributed by atoms with Crippen molar-refractivity contribution in [2.45, 2.75) is 19.8 Å². The number of carboxylic acid groups (broad SMARTS) is 1. The Morgan fingerprint density at radius 1 is 1.38 bits per heavy atom. The van der Waals surface area contributed by atoms with Gasteiger partial charge in [0.25, 0.3) is 5.91 Å². The molecule has 1 fully saturated rings. The van der Waals surface area contributed by atoms with E-state index in [2.05, 4.69) is 5.32 Å². The number of nitrogens with one attached hydrogen (secondary N) is 1. The number of benzene rings is 1. The first-order chi connectivity index (χ1) is 11.3. The van der Waals surface area contributed by atoms with Crippen molar-refractivity contribution in [3.05, 3.63) is 22.7 Å². The smallest absolute Gasteiger partial charge is 0.308 e. The van der Waals surface area contributed by atoms with Gasteiger partial charge in [0, 0.05) is 26.1 Å². The second kappa shape index (κ2) is 7.53. The van der Waals surface area contributed by atoms with Crippen LogP contribution in [0.1, 0.15) is 30.1 Å². The average molecular weight is 355 g/mol. The highest BCUT2D eigenvalue weighted by molar-refractivity contribution is 6.34. The summed E-state index contributed by atoms with van der Waals surface area (Å²) in [4.78, 5) is 36.6. The van der Waals surface area contributed by atoms with Crippen LogP contribution in [0.15, 0.2) is 12.1 Å². The van der Waals surface area contributed by atoms with Crippen molar-refractivity contribution in [2.75, 3.05) is 25.5 Å². The zero-order chi connectivity index (χ0) is 17.9. The minimum absolute atomic E-state index is 0.155. The minimum Gasteiger partial charge on any atom is -0.496 e. The van der Waals surface area contributed by atoms with E-state index in [9.17, 15) is 14.4 Å². The lowest BCUT2D eigenvalue weighted by Gasteiger charge is -2.31. The molecule has 2 N–H and O–H groups in total. The van der Waals surface area contributed by atoms with Crippen LogP contribution in [-0.2, 0) is 9.59 Å². The summed E-state index contributed by atoms with van der Waals surface area (Å²) in [6, 6.07) is 2.91. The molecule has 7 nitrogen and oxygen atoms in total. The molecule has 24 heavy (non-hydrogen) atoms. The Balaban J connectivity index is 2.29. The Labute approximate surface area is 144 Å². The first-order valence-electron chi connectivity index (χ1n) is 7.50. The van der Waals surface area contributed by atoms with Crippen LogP contribution in [0.2, 0.25) is 5.02 Å². The summed E-state index contributed by atoms with van der Waals surface area (Å²) in [6.07, 6.45) is 1.18. The summed E-state index contributed by atoms with van der Waals surface area (Å²) in [5.41, 5.74) is 0.585. The standard InChI is InChI=1S/C16H19ClN2O5/c1-9(20)18-13-7-14(24-2)11(6-12(13)17)15(21)19-5-3-4-10(8-19)16(22)23/h6-7,10H,3-5,8H2,1-2H3,(H,18,20)(H,22,23). The predicted molar refractivity (Wildman–Crippen MR) is 88.6 cm³/mol. The van der Waals surface area contributed by atoms with Gasteiger partial charge in [0.1, 0.15) is 5.75 Å². The van der Waals surface area contributed by atoms with Gasteiger partial charge in [-0.25, -0.2) is 0 Å². The molecular formula is C16H19ClN2O5. The predicted octanol–water partition coefficient (Wildman–Crippen LogP) is 2.24. The van der Waals surface area contributed by atoms with Crippen LogP contribution < -0.4 is 10.1 Å². The average Bonchev–Trinajstić information content (AvgIpc) is 2.55. The number of anilines is 1. The molecule has 1 aromatic carbocycles. The Kier molecular flexibility index (Phi) is 5.66. The van der Waals surface area contributed by atoms with Crippen LogP contribution in [0.25, 0.3) is 0 Å². The van der Waals surface area contributed by atoms with Gasteiger partial charge in [-0.1, -0.05) is 11.6 Å². The number of carbonyl (C=O) groups is 3. The molecule has 2 amide bonds. The Morgan fingerprint density at radius 3 is 2.67 bits per heavy atom. The highest BCUT2D eigenvalue weighted by Crippen LogP contribution is 2.32. The molecule has 1 aromatic rings. The van der Waals surface area contributed by atoms with Gasteiger partial charge in [0.05, 0.1) is 29.3 Å². The molecular weight excluding hydrogens is 336 g/mol. The fraction of sp³-hybridized carbons (Fsp3) is 0.438. The van der Waals surface area contributed by atoms with Crippen LogP contribution in [-0.4, -0.2) is 48.0 Å². The molecule has 1 aliphatic heterocycles. The zero-order valence-electron chi connectivity index (χ0n) is 13.5. The molecule has 0 saturated carbocycles. The van der Waals surface area contributed by atoms with Crippen molar-refractivity contribution < 1.29 is 24.2 Å².